The Bertz CT molecular complexity index is 930. The normalized spacial score (nSPS) is 10.9. The Kier molecular flexibility index (Phi) is 4.77. The maximum Gasteiger partial charge on any atom is 0.163 e. The highest BCUT2D eigenvalue weighted by Gasteiger charge is 2.20. The summed E-state index contributed by atoms with van der Waals surface area (Å²) in [5.41, 5.74) is 9.76. The van der Waals surface area contributed by atoms with Gasteiger partial charge in [-0.25, -0.2) is 15.0 Å². The SMILES string of the molecule is Cc1ccc(N(C)c2c(C)c(C)c(-c3ncnc(C)n3)c(C)c2C)cc1. The minimum atomic E-state index is 0.741. The Labute approximate surface area is 156 Å². The number of aromatic nitrogens is 3. The lowest BCUT2D eigenvalue weighted by Gasteiger charge is -2.28. The number of benzene rings is 2. The van der Waals surface area contributed by atoms with E-state index < -0.39 is 0 Å². The first-order valence-corrected chi connectivity index (χ1v) is 8.88. The van der Waals surface area contributed by atoms with Gasteiger partial charge in [-0.05, 0) is 75.9 Å². The van der Waals surface area contributed by atoms with Crippen molar-refractivity contribution in [3.8, 4) is 11.4 Å². The van der Waals surface area contributed by atoms with Gasteiger partial charge in [-0.15, -0.1) is 0 Å². The van der Waals surface area contributed by atoms with Gasteiger partial charge in [-0.3, -0.25) is 0 Å². The van der Waals surface area contributed by atoms with E-state index in [4.69, 9.17) is 0 Å². The predicted molar refractivity (Wildman–Crippen MR) is 108 cm³/mol. The summed E-state index contributed by atoms with van der Waals surface area (Å²) in [5.74, 6) is 1.49. The molecule has 134 valence electrons. The zero-order valence-corrected chi connectivity index (χ0v) is 16.7. The largest absolute Gasteiger partial charge is 0.344 e. The molecule has 0 bridgehead atoms. The third-order valence-electron chi connectivity index (χ3n) is 5.26. The molecule has 0 radical (unpaired) electrons. The third-order valence-corrected chi connectivity index (χ3v) is 5.26. The predicted octanol–water partition coefficient (Wildman–Crippen LogP) is 5.16. The lowest BCUT2D eigenvalue weighted by molar-refractivity contribution is 0.976. The number of hydrogen-bond acceptors (Lipinski definition) is 4. The number of aryl methyl sites for hydroxylation is 2. The van der Waals surface area contributed by atoms with Crippen LogP contribution >= 0.6 is 0 Å². The minimum absolute atomic E-state index is 0.741. The molecule has 0 fully saturated rings. The Morgan fingerprint density at radius 2 is 1.31 bits per heavy atom. The average Bonchev–Trinajstić information content (AvgIpc) is 2.61. The molecule has 1 heterocycles. The first-order chi connectivity index (χ1) is 12.3. The summed E-state index contributed by atoms with van der Waals surface area (Å²) in [6.45, 7) is 12.7. The molecule has 0 N–H and O–H groups in total. The van der Waals surface area contributed by atoms with E-state index in [0.29, 0.717) is 0 Å². The van der Waals surface area contributed by atoms with Crippen LogP contribution in [0.3, 0.4) is 0 Å². The summed E-state index contributed by atoms with van der Waals surface area (Å²) in [7, 11) is 2.13. The van der Waals surface area contributed by atoms with E-state index >= 15 is 0 Å². The van der Waals surface area contributed by atoms with Gasteiger partial charge in [0.1, 0.15) is 12.2 Å². The van der Waals surface area contributed by atoms with Gasteiger partial charge in [0.2, 0.25) is 0 Å². The number of hydrogen-bond donors (Lipinski definition) is 0. The molecule has 0 saturated carbocycles. The fourth-order valence-electron chi connectivity index (χ4n) is 3.53. The van der Waals surface area contributed by atoms with Crippen LogP contribution < -0.4 is 4.90 Å². The summed E-state index contributed by atoms with van der Waals surface area (Å²) in [6.07, 6.45) is 1.59. The lowest BCUT2D eigenvalue weighted by Crippen LogP contribution is -2.15. The van der Waals surface area contributed by atoms with Gasteiger partial charge >= 0.3 is 0 Å². The van der Waals surface area contributed by atoms with Crippen molar-refractivity contribution in [1.82, 2.24) is 15.0 Å². The van der Waals surface area contributed by atoms with E-state index in [0.717, 1.165) is 17.2 Å². The molecule has 0 spiro atoms. The molecule has 26 heavy (non-hydrogen) atoms. The molecule has 4 nitrogen and oxygen atoms in total. The second-order valence-electron chi connectivity index (χ2n) is 6.97. The highest BCUT2D eigenvalue weighted by atomic mass is 15.1. The Morgan fingerprint density at radius 1 is 0.731 bits per heavy atom. The zero-order valence-electron chi connectivity index (χ0n) is 16.7. The zero-order chi connectivity index (χ0) is 19.0. The minimum Gasteiger partial charge on any atom is -0.344 e. The summed E-state index contributed by atoms with van der Waals surface area (Å²) in [5, 5.41) is 0. The van der Waals surface area contributed by atoms with Gasteiger partial charge in [0.25, 0.3) is 0 Å². The van der Waals surface area contributed by atoms with Gasteiger partial charge < -0.3 is 4.90 Å². The van der Waals surface area contributed by atoms with Crippen LogP contribution in [0.5, 0.6) is 0 Å². The second-order valence-corrected chi connectivity index (χ2v) is 6.97. The summed E-state index contributed by atoms with van der Waals surface area (Å²) >= 11 is 0. The van der Waals surface area contributed by atoms with Crippen LogP contribution in [0.25, 0.3) is 11.4 Å². The van der Waals surface area contributed by atoms with Gasteiger partial charge in [0, 0.05) is 24.0 Å². The molecule has 3 rings (SSSR count). The van der Waals surface area contributed by atoms with Crippen molar-refractivity contribution in [2.45, 2.75) is 41.5 Å². The molecular weight excluding hydrogens is 320 g/mol. The molecule has 3 aromatic rings. The van der Waals surface area contributed by atoms with Crippen molar-refractivity contribution in [2.75, 3.05) is 11.9 Å². The fourth-order valence-corrected chi connectivity index (χ4v) is 3.53. The number of rotatable bonds is 3. The molecule has 0 amide bonds. The van der Waals surface area contributed by atoms with E-state index in [9.17, 15) is 0 Å². The van der Waals surface area contributed by atoms with Crippen LogP contribution in [0.4, 0.5) is 11.4 Å². The fraction of sp³-hybridized carbons (Fsp3) is 0.318. The summed E-state index contributed by atoms with van der Waals surface area (Å²) < 4.78 is 0. The maximum absolute atomic E-state index is 4.55. The molecule has 1 aromatic heterocycles. The molecular formula is C22H26N4. The van der Waals surface area contributed by atoms with E-state index in [2.05, 4.69) is 85.8 Å². The lowest BCUT2D eigenvalue weighted by atomic mass is 9.91. The first kappa shape index (κ1) is 18.1. The first-order valence-electron chi connectivity index (χ1n) is 8.88. The van der Waals surface area contributed by atoms with Crippen molar-refractivity contribution in [3.63, 3.8) is 0 Å². The van der Waals surface area contributed by atoms with Crippen LogP contribution in [0.1, 0.15) is 33.6 Å². The smallest absolute Gasteiger partial charge is 0.163 e. The second kappa shape index (κ2) is 6.87. The molecule has 0 atom stereocenters. The Morgan fingerprint density at radius 3 is 1.85 bits per heavy atom. The van der Waals surface area contributed by atoms with Crippen molar-refractivity contribution < 1.29 is 0 Å². The van der Waals surface area contributed by atoms with Crippen LogP contribution in [-0.4, -0.2) is 22.0 Å². The third kappa shape index (κ3) is 3.07. The van der Waals surface area contributed by atoms with Gasteiger partial charge in [-0.2, -0.15) is 0 Å². The Balaban J connectivity index is 2.19. The van der Waals surface area contributed by atoms with E-state index in [1.54, 1.807) is 6.33 Å². The Hall–Kier alpha value is -2.75. The standard InChI is InChI=1S/C22H26N4/c1-13-8-10-19(11-9-13)26(7)21-16(4)14(2)20(15(3)17(21)5)22-24-12-23-18(6)25-22/h8-12H,1-7H3. The monoisotopic (exact) mass is 346 g/mol. The molecule has 2 aromatic carbocycles. The van der Waals surface area contributed by atoms with Crippen molar-refractivity contribution in [3.05, 3.63) is 64.2 Å². The highest BCUT2D eigenvalue weighted by Crippen LogP contribution is 2.39. The van der Waals surface area contributed by atoms with Crippen molar-refractivity contribution in [1.29, 1.82) is 0 Å². The quantitative estimate of drug-likeness (QED) is 0.657. The van der Waals surface area contributed by atoms with Crippen LogP contribution in [0.15, 0.2) is 30.6 Å². The van der Waals surface area contributed by atoms with E-state index in [1.165, 1.54) is 39.2 Å². The van der Waals surface area contributed by atoms with E-state index in [-0.39, 0.29) is 0 Å². The van der Waals surface area contributed by atoms with Crippen molar-refractivity contribution in [2.24, 2.45) is 0 Å². The summed E-state index contributed by atoms with van der Waals surface area (Å²) in [6, 6.07) is 8.64. The van der Waals surface area contributed by atoms with Crippen LogP contribution in [0, 0.1) is 41.5 Å². The van der Waals surface area contributed by atoms with E-state index in [1.807, 2.05) is 6.92 Å². The van der Waals surface area contributed by atoms with Gasteiger partial charge in [-0.1, -0.05) is 17.7 Å². The summed E-state index contributed by atoms with van der Waals surface area (Å²) in [4.78, 5) is 15.4. The average molecular weight is 346 g/mol. The molecule has 4 heteroatoms. The van der Waals surface area contributed by atoms with Gasteiger partial charge in [0.05, 0.1) is 0 Å². The molecule has 0 aliphatic rings. The maximum atomic E-state index is 4.55. The van der Waals surface area contributed by atoms with Crippen molar-refractivity contribution >= 4 is 11.4 Å². The van der Waals surface area contributed by atoms with Crippen LogP contribution in [0.2, 0.25) is 0 Å². The molecule has 0 aliphatic carbocycles. The molecule has 0 unspecified atom stereocenters. The van der Waals surface area contributed by atoms with Crippen LogP contribution in [-0.2, 0) is 0 Å². The topological polar surface area (TPSA) is 41.9 Å². The number of anilines is 2. The number of nitrogens with zero attached hydrogens (tertiary/aromatic N) is 4. The van der Waals surface area contributed by atoms with Gasteiger partial charge in [0.15, 0.2) is 5.82 Å². The molecule has 0 aliphatic heterocycles. The molecule has 0 saturated heterocycles. The highest BCUT2D eigenvalue weighted by molar-refractivity contribution is 5.79.